The van der Waals surface area contributed by atoms with E-state index in [0.717, 1.165) is 30.1 Å². The van der Waals surface area contributed by atoms with Crippen LogP contribution in [0, 0.1) is 5.92 Å². The molecule has 108 valence electrons. The Bertz CT molecular complexity index is 546. The van der Waals surface area contributed by atoms with E-state index < -0.39 is 0 Å². The summed E-state index contributed by atoms with van der Waals surface area (Å²) in [4.78, 5) is 6.12. The zero-order chi connectivity index (χ0) is 14.5. The third-order valence-electron chi connectivity index (χ3n) is 3.03. The van der Waals surface area contributed by atoms with Crippen molar-refractivity contribution in [2.45, 2.75) is 33.7 Å². The topological polar surface area (TPSA) is 45.1 Å². The van der Waals surface area contributed by atoms with Crippen molar-refractivity contribution in [3.63, 3.8) is 0 Å². The lowest BCUT2D eigenvalue weighted by Crippen LogP contribution is -2.12. The molecule has 0 unspecified atom stereocenters. The molecule has 1 heterocycles. The second-order valence-corrected chi connectivity index (χ2v) is 6.40. The molecule has 0 spiro atoms. The van der Waals surface area contributed by atoms with Crippen LogP contribution in [0.15, 0.2) is 24.3 Å². The Morgan fingerprint density at radius 1 is 1.25 bits per heavy atom. The van der Waals surface area contributed by atoms with Crippen LogP contribution in [0.2, 0.25) is 0 Å². The van der Waals surface area contributed by atoms with E-state index in [1.54, 1.807) is 23.5 Å². The van der Waals surface area contributed by atoms with E-state index >= 15 is 0 Å². The molecule has 1 aromatic heterocycles. The summed E-state index contributed by atoms with van der Waals surface area (Å²) >= 11 is 1.75. The number of hydrogen-bond acceptors (Lipinski definition) is 4. The van der Waals surface area contributed by atoms with Gasteiger partial charge in [-0.3, -0.25) is 0 Å². The number of thiazole rings is 1. The first-order chi connectivity index (χ1) is 9.60. The van der Waals surface area contributed by atoms with E-state index in [0.29, 0.717) is 11.7 Å². The monoisotopic (exact) mass is 290 g/mol. The van der Waals surface area contributed by atoms with Crippen molar-refractivity contribution >= 4 is 11.3 Å². The van der Waals surface area contributed by atoms with Gasteiger partial charge in [0, 0.05) is 17.0 Å². The highest BCUT2D eigenvalue weighted by molar-refractivity contribution is 7.15. The summed E-state index contributed by atoms with van der Waals surface area (Å²) in [7, 11) is 0. The highest BCUT2D eigenvalue weighted by Gasteiger charge is 2.13. The number of phenolic OH excluding ortho intramolecular Hbond substituents is 1. The molecule has 3 nitrogen and oxygen atoms in total. The third kappa shape index (κ3) is 3.81. The first-order valence-electron chi connectivity index (χ1n) is 7.08. The fraction of sp³-hybridized carbons (Fsp3) is 0.438. The summed E-state index contributed by atoms with van der Waals surface area (Å²) in [5.74, 6) is 0.894. The molecule has 0 saturated heterocycles. The number of benzene rings is 1. The maximum atomic E-state index is 9.37. The molecule has 0 aliphatic rings. The molecule has 0 atom stereocenters. The minimum absolute atomic E-state index is 0.292. The van der Waals surface area contributed by atoms with E-state index in [1.807, 2.05) is 12.1 Å². The van der Waals surface area contributed by atoms with Crippen molar-refractivity contribution in [2.75, 3.05) is 6.54 Å². The lowest BCUT2D eigenvalue weighted by atomic mass is 10.1. The molecule has 0 saturated carbocycles. The molecular weight excluding hydrogens is 268 g/mol. The maximum absolute atomic E-state index is 9.37. The van der Waals surface area contributed by atoms with Gasteiger partial charge in [0.1, 0.15) is 10.8 Å². The molecule has 0 amide bonds. The van der Waals surface area contributed by atoms with Crippen molar-refractivity contribution in [3.05, 3.63) is 34.8 Å². The van der Waals surface area contributed by atoms with Crippen LogP contribution in [0.25, 0.3) is 10.6 Å². The zero-order valence-electron chi connectivity index (χ0n) is 12.3. The molecule has 1 aromatic carbocycles. The van der Waals surface area contributed by atoms with Gasteiger partial charge in [-0.1, -0.05) is 20.8 Å². The quantitative estimate of drug-likeness (QED) is 0.850. The van der Waals surface area contributed by atoms with Crippen molar-refractivity contribution in [1.29, 1.82) is 0 Å². The van der Waals surface area contributed by atoms with Crippen molar-refractivity contribution in [3.8, 4) is 16.3 Å². The average Bonchev–Trinajstić information content (AvgIpc) is 2.79. The Morgan fingerprint density at radius 2 is 1.95 bits per heavy atom. The summed E-state index contributed by atoms with van der Waals surface area (Å²) in [5, 5.41) is 13.8. The second-order valence-electron chi connectivity index (χ2n) is 5.31. The van der Waals surface area contributed by atoms with Crippen LogP contribution in [-0.2, 0) is 13.0 Å². The lowest BCUT2D eigenvalue weighted by Gasteiger charge is -2.04. The van der Waals surface area contributed by atoms with Gasteiger partial charge in [0.25, 0.3) is 0 Å². The van der Waals surface area contributed by atoms with E-state index in [4.69, 9.17) is 4.98 Å². The lowest BCUT2D eigenvalue weighted by molar-refractivity contribution is 0.475. The largest absolute Gasteiger partial charge is 0.508 e. The molecular formula is C16H22N2OS. The molecule has 2 N–H and O–H groups in total. The van der Waals surface area contributed by atoms with Gasteiger partial charge in [0.15, 0.2) is 0 Å². The number of aromatic nitrogens is 1. The molecule has 0 radical (unpaired) electrons. The van der Waals surface area contributed by atoms with Crippen LogP contribution in [0.4, 0.5) is 0 Å². The minimum Gasteiger partial charge on any atom is -0.508 e. The highest BCUT2D eigenvalue weighted by atomic mass is 32.1. The normalized spacial score (nSPS) is 11.2. The van der Waals surface area contributed by atoms with E-state index in [9.17, 15) is 5.11 Å². The molecule has 0 fully saturated rings. The van der Waals surface area contributed by atoms with E-state index in [1.165, 1.54) is 10.6 Å². The molecule has 20 heavy (non-hydrogen) atoms. The number of rotatable bonds is 6. The van der Waals surface area contributed by atoms with Crippen LogP contribution in [0.5, 0.6) is 5.75 Å². The number of hydrogen-bond donors (Lipinski definition) is 2. The predicted molar refractivity (Wildman–Crippen MR) is 85.1 cm³/mol. The molecule has 2 aromatic rings. The maximum Gasteiger partial charge on any atom is 0.123 e. The van der Waals surface area contributed by atoms with Crippen LogP contribution >= 0.6 is 11.3 Å². The van der Waals surface area contributed by atoms with Gasteiger partial charge in [-0.25, -0.2) is 4.98 Å². The van der Waals surface area contributed by atoms with Gasteiger partial charge in [0.05, 0.1) is 5.69 Å². The zero-order valence-corrected chi connectivity index (χ0v) is 13.1. The smallest absolute Gasteiger partial charge is 0.123 e. The average molecular weight is 290 g/mol. The molecule has 2 rings (SSSR count). The number of nitrogens with one attached hydrogen (secondary N) is 1. The van der Waals surface area contributed by atoms with E-state index in [2.05, 4.69) is 26.1 Å². The first kappa shape index (κ1) is 15.0. The second kappa shape index (κ2) is 6.86. The Labute approximate surface area is 124 Å². The van der Waals surface area contributed by atoms with Crippen LogP contribution < -0.4 is 5.32 Å². The number of nitrogens with zero attached hydrogens (tertiary/aromatic N) is 1. The Balaban J connectivity index is 2.29. The summed E-state index contributed by atoms with van der Waals surface area (Å²) in [6.45, 7) is 8.40. The van der Waals surface area contributed by atoms with Crippen molar-refractivity contribution in [1.82, 2.24) is 10.3 Å². The van der Waals surface area contributed by atoms with Crippen LogP contribution in [0.1, 0.15) is 31.3 Å². The van der Waals surface area contributed by atoms with Gasteiger partial charge in [-0.2, -0.15) is 0 Å². The van der Waals surface area contributed by atoms with Gasteiger partial charge >= 0.3 is 0 Å². The van der Waals surface area contributed by atoms with Crippen LogP contribution in [0.3, 0.4) is 0 Å². The summed E-state index contributed by atoms with van der Waals surface area (Å²) in [5.41, 5.74) is 2.27. The summed E-state index contributed by atoms with van der Waals surface area (Å²) in [6, 6.07) is 7.26. The Kier molecular flexibility index (Phi) is 5.15. The predicted octanol–water partition coefficient (Wildman–Crippen LogP) is 3.82. The van der Waals surface area contributed by atoms with Crippen molar-refractivity contribution < 1.29 is 5.11 Å². The summed E-state index contributed by atoms with van der Waals surface area (Å²) < 4.78 is 0. The van der Waals surface area contributed by atoms with E-state index in [-0.39, 0.29) is 0 Å². The third-order valence-corrected chi connectivity index (χ3v) is 4.18. The fourth-order valence-electron chi connectivity index (χ4n) is 2.03. The fourth-order valence-corrected chi connectivity index (χ4v) is 3.10. The SMILES string of the molecule is CCNCc1sc(-c2ccc(O)cc2)nc1CC(C)C. The summed E-state index contributed by atoms with van der Waals surface area (Å²) in [6.07, 6.45) is 1.01. The first-order valence-corrected chi connectivity index (χ1v) is 7.90. The highest BCUT2D eigenvalue weighted by Crippen LogP contribution is 2.30. The van der Waals surface area contributed by atoms with Gasteiger partial charge in [-0.15, -0.1) is 11.3 Å². The molecule has 0 bridgehead atoms. The molecule has 0 aliphatic carbocycles. The number of aromatic hydroxyl groups is 1. The van der Waals surface area contributed by atoms with Crippen molar-refractivity contribution in [2.24, 2.45) is 5.92 Å². The Hall–Kier alpha value is -1.39. The molecule has 4 heteroatoms. The van der Waals surface area contributed by atoms with Gasteiger partial charge in [-0.05, 0) is 43.1 Å². The number of phenols is 1. The van der Waals surface area contributed by atoms with Gasteiger partial charge < -0.3 is 10.4 Å². The Morgan fingerprint density at radius 3 is 2.55 bits per heavy atom. The van der Waals surface area contributed by atoms with Gasteiger partial charge in [0.2, 0.25) is 0 Å². The van der Waals surface area contributed by atoms with Crippen LogP contribution in [-0.4, -0.2) is 16.6 Å². The minimum atomic E-state index is 0.292. The molecule has 0 aliphatic heterocycles. The standard InChI is InChI=1S/C16H22N2OS/c1-4-17-10-15-14(9-11(2)3)18-16(20-15)12-5-7-13(19)8-6-12/h5-8,11,17,19H,4,9-10H2,1-3H3.